The summed E-state index contributed by atoms with van der Waals surface area (Å²) < 4.78 is 26.3. The van der Waals surface area contributed by atoms with Crippen LogP contribution in [-0.2, 0) is 20.6 Å². The predicted octanol–water partition coefficient (Wildman–Crippen LogP) is 5.47. The van der Waals surface area contributed by atoms with Crippen LogP contribution in [0.25, 0.3) is 0 Å². The number of carbonyl (C=O) groups excluding carboxylic acids is 1. The molecule has 32 heavy (non-hydrogen) atoms. The van der Waals surface area contributed by atoms with E-state index in [0.29, 0.717) is 17.8 Å². The molecule has 3 rings (SSSR count). The van der Waals surface area contributed by atoms with E-state index in [0.717, 1.165) is 23.1 Å². The van der Waals surface area contributed by atoms with E-state index in [4.69, 9.17) is 0 Å². The first-order valence-electron chi connectivity index (χ1n) is 10.4. The van der Waals surface area contributed by atoms with Crippen LogP contribution in [0.3, 0.4) is 0 Å². The number of nitrogens with zero attached hydrogens (tertiary/aromatic N) is 1. The number of thioether (sulfide) groups is 1. The number of hydrogen-bond acceptors (Lipinski definition) is 4. The number of sulfonamides is 1. The molecule has 0 saturated carbocycles. The van der Waals surface area contributed by atoms with Crippen LogP contribution in [0.1, 0.15) is 24.5 Å². The maximum absolute atomic E-state index is 13.0. The Morgan fingerprint density at radius 2 is 1.59 bits per heavy atom. The van der Waals surface area contributed by atoms with E-state index in [1.165, 1.54) is 9.20 Å². The fraction of sp³-hybridized carbons (Fsp3) is 0.240. The zero-order chi connectivity index (χ0) is 23.1. The Bertz CT molecular complexity index is 1130. The van der Waals surface area contributed by atoms with Crippen LogP contribution in [0.5, 0.6) is 0 Å². The molecular formula is C25H28N2O3S2. The third kappa shape index (κ3) is 6.37. The lowest BCUT2D eigenvalue weighted by Gasteiger charge is -2.30. The first kappa shape index (κ1) is 23.9. The first-order chi connectivity index (χ1) is 15.3. The van der Waals surface area contributed by atoms with Gasteiger partial charge in [0, 0.05) is 16.3 Å². The third-order valence-electron chi connectivity index (χ3n) is 4.99. The number of rotatable bonds is 9. The van der Waals surface area contributed by atoms with Crippen molar-refractivity contribution in [2.45, 2.75) is 37.0 Å². The quantitative estimate of drug-likeness (QED) is 0.423. The van der Waals surface area contributed by atoms with E-state index in [1.807, 2.05) is 61.5 Å². The largest absolute Gasteiger partial charge is 0.324 e. The van der Waals surface area contributed by atoms with Crippen molar-refractivity contribution in [2.24, 2.45) is 0 Å². The van der Waals surface area contributed by atoms with E-state index in [2.05, 4.69) is 17.4 Å². The number of nitrogens with one attached hydrogen (secondary N) is 1. The van der Waals surface area contributed by atoms with Gasteiger partial charge in [-0.05, 0) is 55.3 Å². The molecular weight excluding hydrogens is 440 g/mol. The minimum Gasteiger partial charge on any atom is -0.324 e. The molecule has 5 nitrogen and oxygen atoms in total. The number of carbonyl (C=O) groups is 1. The normalized spacial score (nSPS) is 12.2. The number of amides is 1. The molecule has 0 spiro atoms. The molecule has 7 heteroatoms. The number of hydrogen-bond donors (Lipinski definition) is 1. The summed E-state index contributed by atoms with van der Waals surface area (Å²) in [5.74, 6) is 0.468. The summed E-state index contributed by atoms with van der Waals surface area (Å²) >= 11 is 1.75. The lowest BCUT2D eigenvalue weighted by Crippen LogP contribution is -2.47. The van der Waals surface area contributed by atoms with Crippen LogP contribution in [0.4, 0.5) is 11.4 Å². The van der Waals surface area contributed by atoms with E-state index in [1.54, 1.807) is 30.8 Å². The molecule has 1 amide bonds. The molecule has 0 heterocycles. The highest BCUT2D eigenvalue weighted by Gasteiger charge is 2.31. The Kier molecular flexibility index (Phi) is 7.99. The maximum atomic E-state index is 13.0. The number of aryl methyl sites for hydroxylation is 1. The lowest BCUT2D eigenvalue weighted by atomic mass is 10.1. The molecule has 3 aromatic carbocycles. The lowest BCUT2D eigenvalue weighted by molar-refractivity contribution is -0.117. The van der Waals surface area contributed by atoms with Gasteiger partial charge in [-0.15, -0.1) is 11.8 Å². The van der Waals surface area contributed by atoms with Gasteiger partial charge in [-0.1, -0.05) is 55.0 Å². The van der Waals surface area contributed by atoms with Gasteiger partial charge in [0.25, 0.3) is 0 Å². The fourth-order valence-corrected chi connectivity index (χ4v) is 5.43. The van der Waals surface area contributed by atoms with Crippen LogP contribution in [0.2, 0.25) is 0 Å². The van der Waals surface area contributed by atoms with Gasteiger partial charge in [-0.2, -0.15) is 0 Å². The van der Waals surface area contributed by atoms with E-state index in [9.17, 15) is 13.2 Å². The molecule has 1 N–H and O–H groups in total. The highest BCUT2D eigenvalue weighted by Crippen LogP contribution is 2.25. The van der Waals surface area contributed by atoms with Gasteiger partial charge in [0.2, 0.25) is 15.9 Å². The van der Waals surface area contributed by atoms with Crippen molar-refractivity contribution in [2.75, 3.05) is 15.9 Å². The van der Waals surface area contributed by atoms with Crippen molar-refractivity contribution in [3.8, 4) is 0 Å². The van der Waals surface area contributed by atoms with E-state index in [-0.39, 0.29) is 5.91 Å². The molecule has 0 aliphatic carbocycles. The van der Waals surface area contributed by atoms with Gasteiger partial charge in [-0.3, -0.25) is 9.10 Å². The summed E-state index contributed by atoms with van der Waals surface area (Å²) in [6, 6.07) is 24.1. The Balaban J connectivity index is 1.71. The molecule has 0 aliphatic heterocycles. The molecule has 0 fully saturated rings. The Morgan fingerprint density at radius 1 is 0.969 bits per heavy atom. The van der Waals surface area contributed by atoms with Crippen molar-refractivity contribution < 1.29 is 13.2 Å². The second kappa shape index (κ2) is 10.7. The SMILES string of the molecule is CC[C@@H](C(=O)Nc1ccc(CSc2ccccc2)cc1)N(c1ccc(C)cc1)S(C)(=O)=O. The summed E-state index contributed by atoms with van der Waals surface area (Å²) in [5.41, 5.74) is 3.28. The molecule has 0 saturated heterocycles. The second-order valence-corrected chi connectivity index (χ2v) is 10.5. The molecule has 168 valence electrons. The van der Waals surface area contributed by atoms with Crippen molar-refractivity contribution in [1.82, 2.24) is 0 Å². The minimum atomic E-state index is -3.65. The Morgan fingerprint density at radius 3 is 2.16 bits per heavy atom. The molecule has 0 aliphatic rings. The summed E-state index contributed by atoms with van der Waals surface area (Å²) in [6.45, 7) is 3.74. The number of benzene rings is 3. The molecule has 1 atom stereocenters. The molecule has 0 bridgehead atoms. The molecule has 0 unspecified atom stereocenters. The van der Waals surface area contributed by atoms with Crippen LogP contribution in [0.15, 0.2) is 83.8 Å². The zero-order valence-corrected chi connectivity index (χ0v) is 20.1. The van der Waals surface area contributed by atoms with Crippen LogP contribution in [0, 0.1) is 6.92 Å². The maximum Gasteiger partial charge on any atom is 0.248 e. The summed E-state index contributed by atoms with van der Waals surface area (Å²) in [4.78, 5) is 14.2. The highest BCUT2D eigenvalue weighted by molar-refractivity contribution is 7.98. The van der Waals surface area contributed by atoms with Crippen molar-refractivity contribution in [3.63, 3.8) is 0 Å². The van der Waals surface area contributed by atoms with Crippen LogP contribution < -0.4 is 9.62 Å². The van der Waals surface area contributed by atoms with Crippen LogP contribution >= 0.6 is 11.8 Å². The van der Waals surface area contributed by atoms with Gasteiger partial charge >= 0.3 is 0 Å². The standard InChI is InChI=1S/C25H28N2O3S2/c1-4-24(27(32(3,29)30)22-16-10-19(2)11-17-22)25(28)26-21-14-12-20(13-15-21)18-31-23-8-6-5-7-9-23/h5-17,24H,4,18H2,1-3H3,(H,26,28)/t24-/m0/s1. The van der Waals surface area contributed by atoms with E-state index < -0.39 is 16.1 Å². The van der Waals surface area contributed by atoms with Crippen molar-refractivity contribution in [3.05, 3.63) is 90.0 Å². The fourth-order valence-electron chi connectivity index (χ4n) is 3.35. The number of anilines is 2. The van der Waals surface area contributed by atoms with Gasteiger partial charge in [0.1, 0.15) is 6.04 Å². The molecule has 0 radical (unpaired) electrons. The summed E-state index contributed by atoms with van der Waals surface area (Å²) in [6.07, 6.45) is 1.47. The van der Waals surface area contributed by atoms with E-state index >= 15 is 0 Å². The Labute approximate surface area is 194 Å². The van der Waals surface area contributed by atoms with Gasteiger partial charge in [0.05, 0.1) is 11.9 Å². The summed E-state index contributed by atoms with van der Waals surface area (Å²) in [7, 11) is -3.65. The average Bonchev–Trinajstić information content (AvgIpc) is 2.77. The average molecular weight is 469 g/mol. The van der Waals surface area contributed by atoms with Gasteiger partial charge < -0.3 is 5.32 Å². The molecule has 0 aromatic heterocycles. The topological polar surface area (TPSA) is 66.5 Å². The highest BCUT2D eigenvalue weighted by atomic mass is 32.2. The zero-order valence-electron chi connectivity index (χ0n) is 18.5. The molecule has 3 aromatic rings. The summed E-state index contributed by atoms with van der Waals surface area (Å²) in [5, 5.41) is 2.88. The van der Waals surface area contributed by atoms with Gasteiger partial charge in [-0.25, -0.2) is 8.42 Å². The smallest absolute Gasteiger partial charge is 0.248 e. The van der Waals surface area contributed by atoms with Gasteiger partial charge in [0.15, 0.2) is 0 Å². The second-order valence-electron chi connectivity index (χ2n) is 7.61. The van der Waals surface area contributed by atoms with Crippen molar-refractivity contribution >= 4 is 39.1 Å². The monoisotopic (exact) mass is 468 g/mol. The van der Waals surface area contributed by atoms with Crippen molar-refractivity contribution in [1.29, 1.82) is 0 Å². The third-order valence-corrected chi connectivity index (χ3v) is 7.25. The Hall–Kier alpha value is -2.77. The minimum absolute atomic E-state index is 0.346. The first-order valence-corrected chi connectivity index (χ1v) is 13.2. The predicted molar refractivity (Wildman–Crippen MR) is 134 cm³/mol. The van der Waals surface area contributed by atoms with Crippen LogP contribution in [-0.4, -0.2) is 26.6 Å².